The highest BCUT2D eigenvalue weighted by Gasteiger charge is 2.07. The predicted molar refractivity (Wildman–Crippen MR) is 81.2 cm³/mol. The van der Waals surface area contributed by atoms with Crippen molar-refractivity contribution in [3.8, 4) is 5.75 Å². The number of nitrogen functional groups attached to an aromatic ring is 1. The van der Waals surface area contributed by atoms with E-state index in [0.29, 0.717) is 22.1 Å². The van der Waals surface area contributed by atoms with Gasteiger partial charge in [-0.15, -0.1) is 0 Å². The first-order valence-electron chi connectivity index (χ1n) is 6.09. The Morgan fingerprint density at radius 2 is 2.05 bits per heavy atom. The van der Waals surface area contributed by atoms with Crippen molar-refractivity contribution in [3.63, 3.8) is 0 Å². The Morgan fingerprint density at radius 1 is 1.30 bits per heavy atom. The zero-order chi connectivity index (χ0) is 14.5. The summed E-state index contributed by atoms with van der Waals surface area (Å²) < 4.78 is 5.35. The molecular weight excluding hydrogens is 276 g/mol. The summed E-state index contributed by atoms with van der Waals surface area (Å²) in [4.78, 5) is 11.8. The lowest BCUT2D eigenvalue weighted by atomic mass is 10.2. The number of carbonyl (C=O) groups excluding carboxylic acids is 1. The number of hydrogen-bond acceptors (Lipinski definition) is 3. The van der Waals surface area contributed by atoms with Crippen molar-refractivity contribution >= 4 is 28.9 Å². The third-order valence-corrected chi connectivity index (χ3v) is 2.99. The predicted octanol–water partition coefficient (Wildman–Crippen LogP) is 3.25. The van der Waals surface area contributed by atoms with Crippen LogP contribution in [0.4, 0.5) is 11.4 Å². The Balaban J connectivity index is 1.94. The van der Waals surface area contributed by atoms with E-state index in [-0.39, 0.29) is 12.5 Å². The van der Waals surface area contributed by atoms with Gasteiger partial charge in [-0.1, -0.05) is 29.8 Å². The summed E-state index contributed by atoms with van der Waals surface area (Å²) in [7, 11) is 0. The molecule has 2 aromatic rings. The van der Waals surface area contributed by atoms with E-state index in [2.05, 4.69) is 5.32 Å². The van der Waals surface area contributed by atoms with E-state index in [9.17, 15) is 4.79 Å². The van der Waals surface area contributed by atoms with Crippen LogP contribution in [-0.4, -0.2) is 12.5 Å². The van der Waals surface area contributed by atoms with Gasteiger partial charge in [0.25, 0.3) is 5.91 Å². The van der Waals surface area contributed by atoms with E-state index in [4.69, 9.17) is 22.1 Å². The largest absolute Gasteiger partial charge is 0.482 e. The maximum Gasteiger partial charge on any atom is 0.262 e. The van der Waals surface area contributed by atoms with Crippen LogP contribution in [0.15, 0.2) is 42.5 Å². The Labute approximate surface area is 122 Å². The summed E-state index contributed by atoms with van der Waals surface area (Å²) in [5, 5.41) is 3.16. The van der Waals surface area contributed by atoms with Gasteiger partial charge < -0.3 is 15.8 Å². The first-order valence-corrected chi connectivity index (χ1v) is 6.47. The zero-order valence-electron chi connectivity index (χ0n) is 11.0. The molecule has 0 spiro atoms. The van der Waals surface area contributed by atoms with Crippen molar-refractivity contribution in [2.24, 2.45) is 0 Å². The minimum absolute atomic E-state index is 0.128. The molecule has 0 unspecified atom stereocenters. The number of ether oxygens (including phenoxy) is 1. The number of nitrogens with one attached hydrogen (secondary N) is 1. The van der Waals surface area contributed by atoms with Crippen molar-refractivity contribution in [1.29, 1.82) is 0 Å². The molecule has 5 heteroatoms. The molecule has 1 amide bonds. The van der Waals surface area contributed by atoms with Gasteiger partial charge in [0, 0.05) is 0 Å². The van der Waals surface area contributed by atoms with Crippen LogP contribution in [0.2, 0.25) is 5.02 Å². The molecular formula is C15H15ClN2O2. The van der Waals surface area contributed by atoms with Crippen LogP contribution in [0.25, 0.3) is 0 Å². The number of aryl methyl sites for hydroxylation is 1. The quantitative estimate of drug-likeness (QED) is 0.850. The van der Waals surface area contributed by atoms with Gasteiger partial charge in [-0.3, -0.25) is 4.79 Å². The van der Waals surface area contributed by atoms with Crippen molar-refractivity contribution in [2.75, 3.05) is 17.7 Å². The van der Waals surface area contributed by atoms with Crippen LogP contribution in [0, 0.1) is 6.92 Å². The third-order valence-electron chi connectivity index (χ3n) is 2.68. The summed E-state index contributed by atoms with van der Waals surface area (Å²) in [5.41, 5.74) is 7.96. The van der Waals surface area contributed by atoms with Gasteiger partial charge in [-0.05, 0) is 36.8 Å². The summed E-state index contributed by atoms with van der Waals surface area (Å²) in [6, 6.07) is 12.4. The van der Waals surface area contributed by atoms with E-state index in [1.165, 1.54) is 0 Å². The highest BCUT2D eigenvalue weighted by atomic mass is 35.5. The average Bonchev–Trinajstić information content (AvgIpc) is 2.41. The highest BCUT2D eigenvalue weighted by Crippen LogP contribution is 2.23. The van der Waals surface area contributed by atoms with Gasteiger partial charge in [0.05, 0.1) is 16.4 Å². The molecule has 104 valence electrons. The average molecular weight is 291 g/mol. The van der Waals surface area contributed by atoms with Gasteiger partial charge in [0.2, 0.25) is 0 Å². The van der Waals surface area contributed by atoms with Gasteiger partial charge in [-0.25, -0.2) is 0 Å². The van der Waals surface area contributed by atoms with Crippen molar-refractivity contribution in [2.45, 2.75) is 6.92 Å². The first-order chi connectivity index (χ1) is 9.56. The fraction of sp³-hybridized carbons (Fsp3) is 0.133. The van der Waals surface area contributed by atoms with Crippen LogP contribution in [0.3, 0.4) is 0 Å². The molecule has 0 radical (unpaired) electrons. The number of rotatable bonds is 4. The van der Waals surface area contributed by atoms with Gasteiger partial charge >= 0.3 is 0 Å². The summed E-state index contributed by atoms with van der Waals surface area (Å²) in [6.45, 7) is 1.81. The van der Waals surface area contributed by atoms with Crippen LogP contribution < -0.4 is 15.8 Å². The molecule has 0 fully saturated rings. The lowest BCUT2D eigenvalue weighted by Gasteiger charge is -2.10. The van der Waals surface area contributed by atoms with Crippen LogP contribution >= 0.6 is 11.6 Å². The lowest BCUT2D eigenvalue weighted by Crippen LogP contribution is -2.20. The minimum Gasteiger partial charge on any atom is -0.482 e. The van der Waals surface area contributed by atoms with E-state index in [1.807, 2.05) is 13.0 Å². The number of hydrogen-bond donors (Lipinski definition) is 2. The number of carbonyl (C=O) groups is 1. The van der Waals surface area contributed by atoms with E-state index < -0.39 is 0 Å². The molecule has 0 aliphatic carbocycles. The Morgan fingerprint density at radius 3 is 2.75 bits per heavy atom. The molecule has 0 aliphatic rings. The second kappa shape index (κ2) is 6.30. The molecule has 0 heterocycles. The number of nitrogens with two attached hydrogens (primary N) is 1. The second-order valence-corrected chi connectivity index (χ2v) is 4.77. The Bertz CT molecular complexity index is 629. The van der Waals surface area contributed by atoms with Gasteiger partial charge in [0.1, 0.15) is 5.75 Å². The van der Waals surface area contributed by atoms with Gasteiger partial charge in [-0.2, -0.15) is 0 Å². The monoisotopic (exact) mass is 290 g/mol. The van der Waals surface area contributed by atoms with E-state index in [1.54, 1.807) is 36.4 Å². The molecule has 20 heavy (non-hydrogen) atoms. The molecule has 2 aromatic carbocycles. The van der Waals surface area contributed by atoms with E-state index in [0.717, 1.165) is 5.56 Å². The smallest absolute Gasteiger partial charge is 0.262 e. The maximum absolute atomic E-state index is 11.8. The third kappa shape index (κ3) is 3.65. The number of anilines is 2. The Hall–Kier alpha value is -2.20. The zero-order valence-corrected chi connectivity index (χ0v) is 11.8. The van der Waals surface area contributed by atoms with Crippen molar-refractivity contribution in [1.82, 2.24) is 0 Å². The van der Waals surface area contributed by atoms with Crippen LogP contribution in [0.1, 0.15) is 5.56 Å². The molecule has 4 nitrogen and oxygen atoms in total. The molecule has 0 aliphatic heterocycles. The standard InChI is InChI=1S/C15H15ClN2O2/c1-10-6-7-13(12(17)8-10)18-15(19)9-20-14-5-3-2-4-11(14)16/h2-8H,9,17H2,1H3,(H,18,19). The summed E-state index contributed by atoms with van der Waals surface area (Å²) >= 11 is 5.93. The van der Waals surface area contributed by atoms with Crippen molar-refractivity contribution < 1.29 is 9.53 Å². The molecule has 0 atom stereocenters. The lowest BCUT2D eigenvalue weighted by molar-refractivity contribution is -0.118. The molecule has 3 N–H and O–H groups in total. The normalized spacial score (nSPS) is 10.1. The minimum atomic E-state index is -0.291. The number of halogens is 1. The summed E-state index contributed by atoms with van der Waals surface area (Å²) in [5.74, 6) is 0.182. The Kier molecular flexibility index (Phi) is 4.48. The molecule has 0 saturated carbocycles. The van der Waals surface area contributed by atoms with Crippen LogP contribution in [-0.2, 0) is 4.79 Å². The number of benzene rings is 2. The van der Waals surface area contributed by atoms with Crippen LogP contribution in [0.5, 0.6) is 5.75 Å². The maximum atomic E-state index is 11.8. The highest BCUT2D eigenvalue weighted by molar-refractivity contribution is 6.32. The first kappa shape index (κ1) is 14.2. The van der Waals surface area contributed by atoms with Gasteiger partial charge in [0.15, 0.2) is 6.61 Å². The SMILES string of the molecule is Cc1ccc(NC(=O)COc2ccccc2Cl)c(N)c1. The fourth-order valence-corrected chi connectivity index (χ4v) is 1.88. The summed E-state index contributed by atoms with van der Waals surface area (Å²) in [6.07, 6.45) is 0. The molecule has 0 bridgehead atoms. The number of amides is 1. The van der Waals surface area contributed by atoms with Crippen molar-refractivity contribution in [3.05, 3.63) is 53.1 Å². The topological polar surface area (TPSA) is 64.3 Å². The molecule has 2 rings (SSSR count). The van der Waals surface area contributed by atoms with E-state index >= 15 is 0 Å². The second-order valence-electron chi connectivity index (χ2n) is 4.36. The number of para-hydroxylation sites is 1. The molecule has 0 aromatic heterocycles. The molecule has 0 saturated heterocycles. The fourth-order valence-electron chi connectivity index (χ4n) is 1.69.